The predicted octanol–water partition coefficient (Wildman–Crippen LogP) is 3.70. The van der Waals surface area contributed by atoms with Crippen molar-refractivity contribution in [2.24, 2.45) is 0 Å². The van der Waals surface area contributed by atoms with Crippen molar-refractivity contribution in [3.8, 4) is 5.75 Å². The third kappa shape index (κ3) is 4.01. The van der Waals surface area contributed by atoms with Crippen LogP contribution in [-0.4, -0.2) is 12.5 Å². The van der Waals surface area contributed by atoms with Gasteiger partial charge in [-0.3, -0.25) is 4.79 Å². The number of carbonyl (C=O) groups is 1. The third-order valence-corrected chi connectivity index (χ3v) is 3.45. The molecule has 0 aliphatic carbocycles. The maximum Gasteiger partial charge on any atom is 0.258 e. The van der Waals surface area contributed by atoms with E-state index in [1.165, 1.54) is 24.3 Å². The molecule has 24 heavy (non-hydrogen) atoms. The van der Waals surface area contributed by atoms with E-state index >= 15 is 0 Å². The summed E-state index contributed by atoms with van der Waals surface area (Å²) in [5, 5.41) is 2.89. The lowest BCUT2D eigenvalue weighted by Gasteiger charge is -2.17. The summed E-state index contributed by atoms with van der Waals surface area (Å²) in [4.78, 5) is 12.2. The molecule has 1 unspecified atom stereocenters. The number of halogens is 1. The SMILES string of the molecule is O=C(COc1ccc(F)cc1)NC(c1ccccc1)c1ccco1. The molecule has 2 aromatic carbocycles. The van der Waals surface area contributed by atoms with Crippen LogP contribution in [0.3, 0.4) is 0 Å². The molecule has 0 spiro atoms. The van der Waals surface area contributed by atoms with Gasteiger partial charge in [-0.15, -0.1) is 0 Å². The Kier molecular flexibility index (Phi) is 4.91. The Bertz CT molecular complexity index is 770. The molecule has 1 N–H and O–H groups in total. The standard InChI is InChI=1S/C19H16FNO3/c20-15-8-10-16(11-9-15)24-13-18(22)21-19(17-7-4-12-23-17)14-5-2-1-3-6-14/h1-12,19H,13H2,(H,21,22). The maximum absolute atomic E-state index is 12.9. The van der Waals surface area contributed by atoms with Crippen molar-refractivity contribution in [3.63, 3.8) is 0 Å². The minimum absolute atomic E-state index is 0.171. The van der Waals surface area contributed by atoms with Crippen LogP contribution in [0, 0.1) is 5.82 Å². The fourth-order valence-electron chi connectivity index (χ4n) is 2.30. The molecule has 5 heteroatoms. The summed E-state index contributed by atoms with van der Waals surface area (Å²) >= 11 is 0. The Morgan fingerprint density at radius 1 is 1.04 bits per heavy atom. The minimum atomic E-state index is -0.398. The normalized spacial score (nSPS) is 11.7. The van der Waals surface area contributed by atoms with E-state index in [2.05, 4.69) is 5.32 Å². The van der Waals surface area contributed by atoms with Gasteiger partial charge in [0.25, 0.3) is 5.91 Å². The van der Waals surface area contributed by atoms with E-state index in [1.54, 1.807) is 18.4 Å². The molecule has 0 bridgehead atoms. The second kappa shape index (κ2) is 7.46. The number of amides is 1. The number of carbonyl (C=O) groups excluding carboxylic acids is 1. The molecular formula is C19H16FNO3. The first kappa shape index (κ1) is 15.8. The maximum atomic E-state index is 12.9. The van der Waals surface area contributed by atoms with Crippen LogP contribution in [0.25, 0.3) is 0 Å². The molecule has 0 aliphatic heterocycles. The molecule has 1 amide bonds. The fraction of sp³-hybridized carbons (Fsp3) is 0.105. The first-order valence-electron chi connectivity index (χ1n) is 7.48. The van der Waals surface area contributed by atoms with Gasteiger partial charge in [-0.25, -0.2) is 4.39 Å². The van der Waals surface area contributed by atoms with Gasteiger partial charge in [-0.1, -0.05) is 30.3 Å². The number of ether oxygens (including phenoxy) is 1. The van der Waals surface area contributed by atoms with Crippen molar-refractivity contribution in [1.29, 1.82) is 0 Å². The van der Waals surface area contributed by atoms with Crippen molar-refractivity contribution in [2.75, 3.05) is 6.61 Å². The van der Waals surface area contributed by atoms with Gasteiger partial charge in [0, 0.05) is 0 Å². The van der Waals surface area contributed by atoms with E-state index in [1.807, 2.05) is 30.3 Å². The average Bonchev–Trinajstić information content (AvgIpc) is 3.14. The van der Waals surface area contributed by atoms with Gasteiger partial charge in [0.2, 0.25) is 0 Å². The van der Waals surface area contributed by atoms with E-state index in [4.69, 9.17) is 9.15 Å². The topological polar surface area (TPSA) is 51.5 Å². The Morgan fingerprint density at radius 2 is 1.79 bits per heavy atom. The number of rotatable bonds is 6. The monoisotopic (exact) mass is 325 g/mol. The van der Waals surface area contributed by atoms with E-state index in [0.29, 0.717) is 11.5 Å². The lowest BCUT2D eigenvalue weighted by atomic mass is 10.0. The summed E-state index contributed by atoms with van der Waals surface area (Å²) < 4.78 is 23.7. The fourth-order valence-corrected chi connectivity index (χ4v) is 2.30. The Balaban J connectivity index is 1.66. The molecule has 4 nitrogen and oxygen atoms in total. The zero-order valence-corrected chi connectivity index (χ0v) is 12.8. The highest BCUT2D eigenvalue weighted by Gasteiger charge is 2.19. The Morgan fingerprint density at radius 3 is 2.46 bits per heavy atom. The van der Waals surface area contributed by atoms with Crippen molar-refractivity contribution < 1.29 is 18.3 Å². The van der Waals surface area contributed by atoms with Gasteiger partial charge in [0.1, 0.15) is 23.4 Å². The lowest BCUT2D eigenvalue weighted by Crippen LogP contribution is -2.33. The second-order valence-corrected chi connectivity index (χ2v) is 5.17. The van der Waals surface area contributed by atoms with E-state index < -0.39 is 6.04 Å². The van der Waals surface area contributed by atoms with E-state index in [9.17, 15) is 9.18 Å². The van der Waals surface area contributed by atoms with Crippen LogP contribution in [0.15, 0.2) is 77.4 Å². The summed E-state index contributed by atoms with van der Waals surface area (Å²) in [6.45, 7) is -0.171. The van der Waals surface area contributed by atoms with E-state index in [0.717, 1.165) is 5.56 Å². The quantitative estimate of drug-likeness (QED) is 0.752. The van der Waals surface area contributed by atoms with E-state index in [-0.39, 0.29) is 18.3 Å². The number of hydrogen-bond acceptors (Lipinski definition) is 3. The van der Waals surface area contributed by atoms with Crippen molar-refractivity contribution in [3.05, 3.63) is 90.1 Å². The van der Waals surface area contributed by atoms with Gasteiger partial charge in [0.05, 0.1) is 6.26 Å². The molecule has 1 atom stereocenters. The first-order valence-corrected chi connectivity index (χ1v) is 7.48. The number of nitrogens with one attached hydrogen (secondary N) is 1. The van der Waals surface area contributed by atoms with Gasteiger partial charge in [0.15, 0.2) is 6.61 Å². The summed E-state index contributed by atoms with van der Waals surface area (Å²) in [5.41, 5.74) is 0.905. The highest BCUT2D eigenvalue weighted by Crippen LogP contribution is 2.22. The third-order valence-electron chi connectivity index (χ3n) is 3.45. The minimum Gasteiger partial charge on any atom is -0.484 e. The van der Waals surface area contributed by atoms with Crippen LogP contribution < -0.4 is 10.1 Å². The molecule has 3 rings (SSSR count). The molecule has 0 fully saturated rings. The summed E-state index contributed by atoms with van der Waals surface area (Å²) in [6, 6.07) is 18.2. The van der Waals surface area contributed by atoms with Gasteiger partial charge in [-0.05, 0) is 42.0 Å². The molecule has 1 aromatic heterocycles. The highest BCUT2D eigenvalue weighted by atomic mass is 19.1. The van der Waals surface area contributed by atoms with Gasteiger partial charge < -0.3 is 14.5 Å². The average molecular weight is 325 g/mol. The first-order chi connectivity index (χ1) is 11.7. The number of benzene rings is 2. The van der Waals surface area contributed by atoms with Gasteiger partial charge in [-0.2, -0.15) is 0 Å². The molecule has 0 aliphatic rings. The zero-order valence-electron chi connectivity index (χ0n) is 12.8. The summed E-state index contributed by atoms with van der Waals surface area (Å²) in [5.74, 6) is 0.412. The van der Waals surface area contributed by atoms with Crippen LogP contribution in [0.2, 0.25) is 0 Å². The predicted molar refractivity (Wildman–Crippen MR) is 87.0 cm³/mol. The van der Waals surface area contributed by atoms with Crippen LogP contribution in [0.4, 0.5) is 4.39 Å². The molecule has 1 heterocycles. The highest BCUT2D eigenvalue weighted by molar-refractivity contribution is 5.78. The zero-order chi connectivity index (χ0) is 16.8. The summed E-state index contributed by atoms with van der Waals surface area (Å²) in [6.07, 6.45) is 1.56. The Hall–Kier alpha value is -3.08. The number of hydrogen-bond donors (Lipinski definition) is 1. The van der Waals surface area contributed by atoms with Crippen molar-refractivity contribution in [2.45, 2.75) is 6.04 Å². The van der Waals surface area contributed by atoms with Crippen molar-refractivity contribution in [1.82, 2.24) is 5.32 Å². The Labute approximate surface area is 138 Å². The van der Waals surface area contributed by atoms with Crippen LogP contribution >= 0.6 is 0 Å². The van der Waals surface area contributed by atoms with Crippen molar-refractivity contribution >= 4 is 5.91 Å². The molecule has 0 saturated carbocycles. The van der Waals surface area contributed by atoms with Crippen LogP contribution in [-0.2, 0) is 4.79 Å². The molecule has 0 saturated heterocycles. The largest absolute Gasteiger partial charge is 0.484 e. The van der Waals surface area contributed by atoms with Crippen LogP contribution in [0.5, 0.6) is 5.75 Å². The lowest BCUT2D eigenvalue weighted by molar-refractivity contribution is -0.123. The molecule has 0 radical (unpaired) electrons. The summed E-state index contributed by atoms with van der Waals surface area (Å²) in [7, 11) is 0. The number of furan rings is 1. The van der Waals surface area contributed by atoms with Gasteiger partial charge >= 0.3 is 0 Å². The molecule has 3 aromatic rings. The molecule has 122 valence electrons. The molecular weight excluding hydrogens is 309 g/mol. The second-order valence-electron chi connectivity index (χ2n) is 5.17. The van der Waals surface area contributed by atoms with Crippen LogP contribution in [0.1, 0.15) is 17.4 Å². The smallest absolute Gasteiger partial charge is 0.258 e.